The van der Waals surface area contributed by atoms with Gasteiger partial charge in [0.15, 0.2) is 4.87 Å². The molecule has 5 heteroatoms. The van der Waals surface area contributed by atoms with Crippen LogP contribution in [0.15, 0.2) is 29.2 Å². The molecule has 2 aliphatic heterocycles. The number of thioether (sulfide) groups is 1. The molecule has 18 heavy (non-hydrogen) atoms. The van der Waals surface area contributed by atoms with Gasteiger partial charge < -0.3 is 5.73 Å². The Labute approximate surface area is 116 Å². The van der Waals surface area contributed by atoms with Gasteiger partial charge in [-0.25, -0.2) is 4.31 Å². The monoisotopic (exact) mass is 280 g/mol. The fourth-order valence-corrected chi connectivity index (χ4v) is 5.25. The molecule has 0 spiro atoms. The Hall–Kier alpha value is -0.650. The SMILES string of the molecule is NC(=O)C1(N2CCCCS2)Cc2ccccc2S1. The molecule has 2 heterocycles. The predicted octanol–water partition coefficient (Wildman–Crippen LogP) is 2.26. The molecule has 0 aromatic heterocycles. The van der Waals surface area contributed by atoms with Gasteiger partial charge in [0.05, 0.1) is 0 Å². The molecule has 1 aromatic rings. The van der Waals surface area contributed by atoms with Crippen molar-refractivity contribution in [1.29, 1.82) is 0 Å². The average Bonchev–Trinajstić information content (AvgIpc) is 2.80. The molecule has 2 aliphatic rings. The van der Waals surface area contributed by atoms with E-state index in [4.69, 9.17) is 5.73 Å². The molecular formula is C13H16N2OS2. The van der Waals surface area contributed by atoms with E-state index in [-0.39, 0.29) is 5.91 Å². The van der Waals surface area contributed by atoms with E-state index >= 15 is 0 Å². The van der Waals surface area contributed by atoms with Crippen LogP contribution in [0.4, 0.5) is 0 Å². The van der Waals surface area contributed by atoms with Crippen LogP contribution in [0, 0.1) is 0 Å². The Kier molecular flexibility index (Phi) is 3.30. The second kappa shape index (κ2) is 4.79. The van der Waals surface area contributed by atoms with Gasteiger partial charge in [-0.15, -0.1) is 0 Å². The van der Waals surface area contributed by atoms with Gasteiger partial charge >= 0.3 is 0 Å². The van der Waals surface area contributed by atoms with Crippen molar-refractivity contribution in [3.05, 3.63) is 29.8 Å². The summed E-state index contributed by atoms with van der Waals surface area (Å²) in [4.78, 5) is 12.7. The van der Waals surface area contributed by atoms with Gasteiger partial charge in [0.2, 0.25) is 5.91 Å². The van der Waals surface area contributed by atoms with Crippen molar-refractivity contribution in [3.63, 3.8) is 0 Å². The van der Waals surface area contributed by atoms with Crippen LogP contribution in [0.1, 0.15) is 18.4 Å². The highest BCUT2D eigenvalue weighted by Gasteiger charge is 2.49. The third kappa shape index (κ3) is 1.94. The van der Waals surface area contributed by atoms with Crippen LogP contribution in [0.2, 0.25) is 0 Å². The third-order valence-corrected chi connectivity index (χ3v) is 6.39. The standard InChI is InChI=1S/C13H16N2OS2/c14-12(16)13(15-7-3-4-8-17-15)9-10-5-1-2-6-11(10)18-13/h1-2,5-6H,3-4,7-9H2,(H2,14,16). The molecule has 1 aromatic carbocycles. The van der Waals surface area contributed by atoms with E-state index in [9.17, 15) is 4.79 Å². The first-order valence-corrected chi connectivity index (χ1v) is 7.96. The molecule has 0 saturated carbocycles. The van der Waals surface area contributed by atoms with Gasteiger partial charge in [-0.2, -0.15) is 0 Å². The molecule has 1 fully saturated rings. The van der Waals surface area contributed by atoms with Crippen LogP contribution in [-0.2, 0) is 11.2 Å². The Balaban J connectivity index is 1.93. The quantitative estimate of drug-likeness (QED) is 0.844. The minimum Gasteiger partial charge on any atom is -0.367 e. The fourth-order valence-electron chi connectivity index (χ4n) is 2.51. The molecule has 3 rings (SSSR count). The summed E-state index contributed by atoms with van der Waals surface area (Å²) in [6.45, 7) is 0.953. The van der Waals surface area contributed by atoms with E-state index in [0.29, 0.717) is 0 Å². The van der Waals surface area contributed by atoms with E-state index in [1.165, 1.54) is 16.9 Å². The first-order valence-electron chi connectivity index (χ1n) is 6.20. The molecule has 96 valence electrons. The lowest BCUT2D eigenvalue weighted by Crippen LogP contribution is -2.53. The average molecular weight is 280 g/mol. The highest BCUT2D eigenvalue weighted by atomic mass is 32.2. The number of hydrogen-bond acceptors (Lipinski definition) is 4. The summed E-state index contributed by atoms with van der Waals surface area (Å²) >= 11 is 3.40. The van der Waals surface area contributed by atoms with Crippen molar-refractivity contribution in [3.8, 4) is 0 Å². The molecular weight excluding hydrogens is 264 g/mol. The van der Waals surface area contributed by atoms with Crippen LogP contribution in [0.5, 0.6) is 0 Å². The van der Waals surface area contributed by atoms with E-state index in [1.807, 2.05) is 12.1 Å². The first kappa shape index (κ1) is 12.4. The molecule has 3 nitrogen and oxygen atoms in total. The lowest BCUT2D eigenvalue weighted by atomic mass is 10.1. The maximum atomic E-state index is 12.0. The smallest absolute Gasteiger partial charge is 0.249 e. The third-order valence-electron chi connectivity index (χ3n) is 3.47. The summed E-state index contributed by atoms with van der Waals surface area (Å²) in [7, 11) is 0. The number of nitrogens with zero attached hydrogens (tertiary/aromatic N) is 1. The highest BCUT2D eigenvalue weighted by Crippen LogP contribution is 2.49. The van der Waals surface area contributed by atoms with Gasteiger partial charge in [0, 0.05) is 23.6 Å². The number of fused-ring (bicyclic) bond motifs is 1. The minimum atomic E-state index is -0.575. The number of carbonyl (C=O) groups excluding carboxylic acids is 1. The normalized spacial score (nSPS) is 28.0. The summed E-state index contributed by atoms with van der Waals surface area (Å²) in [6.07, 6.45) is 3.11. The Morgan fingerprint density at radius 2 is 2.17 bits per heavy atom. The molecule has 2 N–H and O–H groups in total. The molecule has 0 aliphatic carbocycles. The number of benzene rings is 1. The van der Waals surface area contributed by atoms with E-state index < -0.39 is 4.87 Å². The van der Waals surface area contributed by atoms with Crippen molar-refractivity contribution in [2.75, 3.05) is 12.3 Å². The summed E-state index contributed by atoms with van der Waals surface area (Å²) in [6, 6.07) is 8.23. The van der Waals surface area contributed by atoms with Crippen molar-refractivity contribution in [2.24, 2.45) is 5.73 Å². The van der Waals surface area contributed by atoms with Crippen LogP contribution < -0.4 is 5.73 Å². The Morgan fingerprint density at radius 3 is 2.83 bits per heavy atom. The Morgan fingerprint density at radius 1 is 1.33 bits per heavy atom. The number of carbonyl (C=O) groups is 1. The molecule has 1 unspecified atom stereocenters. The predicted molar refractivity (Wildman–Crippen MR) is 76.3 cm³/mol. The molecule has 0 bridgehead atoms. The van der Waals surface area contributed by atoms with E-state index in [2.05, 4.69) is 16.4 Å². The number of nitrogens with two attached hydrogens (primary N) is 1. The van der Waals surface area contributed by atoms with Crippen LogP contribution in [0.3, 0.4) is 0 Å². The lowest BCUT2D eigenvalue weighted by molar-refractivity contribution is -0.122. The lowest BCUT2D eigenvalue weighted by Gasteiger charge is -2.38. The summed E-state index contributed by atoms with van der Waals surface area (Å²) in [5.41, 5.74) is 6.97. The number of rotatable bonds is 2. The summed E-state index contributed by atoms with van der Waals surface area (Å²) in [5.74, 6) is 0.879. The number of amides is 1. The van der Waals surface area contributed by atoms with Gasteiger partial charge in [-0.1, -0.05) is 41.9 Å². The van der Waals surface area contributed by atoms with Crippen LogP contribution in [-0.4, -0.2) is 27.4 Å². The molecule has 1 atom stereocenters. The maximum Gasteiger partial charge on any atom is 0.249 e. The minimum absolute atomic E-state index is 0.210. The van der Waals surface area contributed by atoms with Gasteiger partial charge in [0.1, 0.15) is 0 Å². The molecule has 1 amide bonds. The largest absolute Gasteiger partial charge is 0.367 e. The number of primary amides is 1. The Bertz CT molecular complexity index is 447. The zero-order valence-corrected chi connectivity index (χ0v) is 11.7. The zero-order chi connectivity index (χ0) is 12.6. The first-order chi connectivity index (χ1) is 8.72. The molecule has 1 saturated heterocycles. The maximum absolute atomic E-state index is 12.0. The van der Waals surface area contributed by atoms with Gasteiger partial charge in [-0.05, 0) is 24.5 Å². The second-order valence-corrected chi connectivity index (χ2v) is 7.10. The van der Waals surface area contributed by atoms with Crippen molar-refractivity contribution < 1.29 is 4.79 Å². The number of hydrogen-bond donors (Lipinski definition) is 1. The zero-order valence-electron chi connectivity index (χ0n) is 10.1. The topological polar surface area (TPSA) is 46.3 Å². The summed E-state index contributed by atoms with van der Waals surface area (Å²) in [5, 5.41) is 0. The van der Waals surface area contributed by atoms with Gasteiger partial charge in [-0.3, -0.25) is 4.79 Å². The summed E-state index contributed by atoms with van der Waals surface area (Å²) < 4.78 is 2.21. The van der Waals surface area contributed by atoms with E-state index in [1.54, 1.807) is 23.7 Å². The van der Waals surface area contributed by atoms with Gasteiger partial charge in [0.25, 0.3) is 0 Å². The second-order valence-electron chi connectivity index (χ2n) is 4.68. The van der Waals surface area contributed by atoms with Crippen LogP contribution in [0.25, 0.3) is 0 Å². The molecule has 0 radical (unpaired) electrons. The van der Waals surface area contributed by atoms with Crippen molar-refractivity contribution >= 4 is 29.6 Å². The van der Waals surface area contributed by atoms with Crippen LogP contribution >= 0.6 is 23.7 Å². The van der Waals surface area contributed by atoms with Crippen molar-refractivity contribution in [1.82, 2.24) is 4.31 Å². The van der Waals surface area contributed by atoms with E-state index in [0.717, 1.165) is 25.1 Å². The highest BCUT2D eigenvalue weighted by molar-refractivity contribution is 8.03. The fraction of sp³-hybridized carbons (Fsp3) is 0.462. The van der Waals surface area contributed by atoms with Crippen molar-refractivity contribution in [2.45, 2.75) is 29.0 Å².